The number of hydrogen-bond donors (Lipinski definition) is 3. The first kappa shape index (κ1) is 19.0. The first-order chi connectivity index (χ1) is 12.0. The van der Waals surface area contributed by atoms with Gasteiger partial charge in [-0.05, 0) is 42.4 Å². The third-order valence-corrected chi connectivity index (χ3v) is 4.32. The number of carbonyl (C=O) groups excluding carboxylic acids is 1. The second-order valence-electron chi connectivity index (χ2n) is 6.62. The maximum absolute atomic E-state index is 12.6. The predicted molar refractivity (Wildman–Crippen MR) is 103 cm³/mol. The number of anilines is 1. The van der Waals surface area contributed by atoms with E-state index in [4.69, 9.17) is 5.11 Å². The minimum atomic E-state index is -0.219. The molecule has 0 heterocycles. The van der Waals surface area contributed by atoms with Crippen molar-refractivity contribution in [1.29, 1.82) is 0 Å². The minimum Gasteiger partial charge on any atom is -0.396 e. The number of aryl methyl sites for hydroxylation is 1. The van der Waals surface area contributed by atoms with Gasteiger partial charge in [0.15, 0.2) is 0 Å². The van der Waals surface area contributed by atoms with E-state index < -0.39 is 0 Å². The molecule has 1 atom stereocenters. The molecule has 0 saturated heterocycles. The Bertz CT molecular complexity index is 684. The summed E-state index contributed by atoms with van der Waals surface area (Å²) in [4.78, 5) is 12.6. The smallest absolute Gasteiger partial charge is 0.319 e. The maximum Gasteiger partial charge on any atom is 0.319 e. The van der Waals surface area contributed by atoms with Gasteiger partial charge in [-0.1, -0.05) is 62.4 Å². The zero-order chi connectivity index (χ0) is 18.2. The zero-order valence-corrected chi connectivity index (χ0v) is 15.3. The van der Waals surface area contributed by atoms with Crippen LogP contribution in [-0.4, -0.2) is 17.7 Å². The quantitative estimate of drug-likeness (QED) is 0.681. The van der Waals surface area contributed by atoms with E-state index in [1.807, 2.05) is 55.5 Å². The molecule has 0 aliphatic carbocycles. The van der Waals surface area contributed by atoms with Crippen molar-refractivity contribution < 1.29 is 9.90 Å². The third kappa shape index (κ3) is 5.33. The van der Waals surface area contributed by atoms with E-state index in [9.17, 15) is 4.79 Å². The molecule has 3 N–H and O–H groups in total. The molecule has 2 rings (SSSR count). The molecule has 0 spiro atoms. The van der Waals surface area contributed by atoms with Crippen molar-refractivity contribution in [3.63, 3.8) is 0 Å². The Balaban J connectivity index is 2.14. The molecule has 0 aromatic heterocycles. The van der Waals surface area contributed by atoms with Crippen LogP contribution in [0.4, 0.5) is 10.5 Å². The van der Waals surface area contributed by atoms with Gasteiger partial charge in [-0.25, -0.2) is 4.79 Å². The Morgan fingerprint density at radius 3 is 2.44 bits per heavy atom. The highest BCUT2D eigenvalue weighted by Crippen LogP contribution is 2.27. The Morgan fingerprint density at radius 2 is 1.80 bits per heavy atom. The molecule has 134 valence electrons. The van der Waals surface area contributed by atoms with Crippen molar-refractivity contribution in [3.05, 3.63) is 65.2 Å². The van der Waals surface area contributed by atoms with Gasteiger partial charge in [-0.2, -0.15) is 0 Å². The molecule has 0 aliphatic heterocycles. The van der Waals surface area contributed by atoms with Crippen molar-refractivity contribution in [2.24, 2.45) is 0 Å². The summed E-state index contributed by atoms with van der Waals surface area (Å²) in [5.74, 6) is 0.328. The molecule has 2 amide bonds. The Hall–Kier alpha value is -2.33. The summed E-state index contributed by atoms with van der Waals surface area (Å²) in [6.07, 6.45) is 1.33. The molecular formula is C21H28N2O2. The normalized spacial score (nSPS) is 12.0. The summed E-state index contributed by atoms with van der Waals surface area (Å²) in [7, 11) is 0. The van der Waals surface area contributed by atoms with Crippen LogP contribution in [0.1, 0.15) is 55.3 Å². The van der Waals surface area contributed by atoms with Crippen LogP contribution in [0.3, 0.4) is 0 Å². The van der Waals surface area contributed by atoms with Crippen LogP contribution in [0.2, 0.25) is 0 Å². The van der Waals surface area contributed by atoms with Gasteiger partial charge in [0.2, 0.25) is 0 Å². The average molecular weight is 340 g/mol. The molecule has 0 saturated carbocycles. The number of rotatable bonds is 7. The first-order valence-electron chi connectivity index (χ1n) is 8.85. The molecule has 0 aliphatic rings. The van der Waals surface area contributed by atoms with Crippen LogP contribution in [-0.2, 0) is 0 Å². The standard InChI is InChI=1S/C21H28N2O2/c1-15(2)18-12-7-9-16(3)20(18)23-21(25)22-19(13-8-14-24)17-10-5-4-6-11-17/h4-7,9-12,15,19,24H,8,13-14H2,1-3H3,(H2,22,23,25). The largest absolute Gasteiger partial charge is 0.396 e. The number of amides is 2. The van der Waals surface area contributed by atoms with E-state index in [1.165, 1.54) is 0 Å². The third-order valence-electron chi connectivity index (χ3n) is 4.32. The Kier molecular flexibility index (Phi) is 7.02. The van der Waals surface area contributed by atoms with E-state index in [-0.39, 0.29) is 18.7 Å². The van der Waals surface area contributed by atoms with Crippen molar-refractivity contribution >= 4 is 11.7 Å². The lowest BCUT2D eigenvalue weighted by Gasteiger charge is -2.21. The lowest BCUT2D eigenvalue weighted by molar-refractivity contribution is 0.243. The Morgan fingerprint density at radius 1 is 1.08 bits per heavy atom. The van der Waals surface area contributed by atoms with E-state index in [0.29, 0.717) is 18.8 Å². The number of aliphatic hydroxyl groups excluding tert-OH is 1. The van der Waals surface area contributed by atoms with Gasteiger partial charge >= 0.3 is 6.03 Å². The van der Waals surface area contributed by atoms with Crippen molar-refractivity contribution in [3.8, 4) is 0 Å². The van der Waals surface area contributed by atoms with Crippen LogP contribution >= 0.6 is 0 Å². The summed E-state index contributed by atoms with van der Waals surface area (Å²) in [5.41, 5.74) is 4.10. The summed E-state index contributed by atoms with van der Waals surface area (Å²) in [6, 6.07) is 15.6. The molecule has 4 heteroatoms. The number of benzene rings is 2. The molecule has 2 aromatic rings. The van der Waals surface area contributed by atoms with Crippen molar-refractivity contribution in [2.75, 3.05) is 11.9 Å². The van der Waals surface area contributed by atoms with Gasteiger partial charge in [-0.15, -0.1) is 0 Å². The molecule has 0 radical (unpaired) electrons. The zero-order valence-electron chi connectivity index (χ0n) is 15.3. The highest BCUT2D eigenvalue weighted by Gasteiger charge is 2.16. The highest BCUT2D eigenvalue weighted by molar-refractivity contribution is 5.91. The van der Waals surface area contributed by atoms with Crippen LogP contribution < -0.4 is 10.6 Å². The fraction of sp³-hybridized carbons (Fsp3) is 0.381. The number of carbonyl (C=O) groups is 1. The first-order valence-corrected chi connectivity index (χ1v) is 8.85. The summed E-state index contributed by atoms with van der Waals surface area (Å²) in [5, 5.41) is 15.2. The van der Waals surface area contributed by atoms with Gasteiger partial charge in [-0.3, -0.25) is 0 Å². The molecule has 2 aromatic carbocycles. The van der Waals surface area contributed by atoms with E-state index in [0.717, 1.165) is 22.4 Å². The van der Waals surface area contributed by atoms with Crippen LogP contribution in [0.5, 0.6) is 0 Å². The van der Waals surface area contributed by atoms with E-state index in [2.05, 4.69) is 24.5 Å². The second kappa shape index (κ2) is 9.23. The predicted octanol–water partition coefficient (Wildman–Crippen LogP) is 4.75. The van der Waals surface area contributed by atoms with Crippen LogP contribution in [0.25, 0.3) is 0 Å². The number of urea groups is 1. The van der Waals surface area contributed by atoms with Crippen molar-refractivity contribution in [1.82, 2.24) is 5.32 Å². The SMILES string of the molecule is Cc1cccc(C(C)C)c1NC(=O)NC(CCCO)c1ccccc1. The summed E-state index contributed by atoms with van der Waals surface area (Å²) < 4.78 is 0. The molecular weight excluding hydrogens is 312 g/mol. The van der Waals surface area contributed by atoms with Crippen molar-refractivity contribution in [2.45, 2.75) is 45.6 Å². The monoisotopic (exact) mass is 340 g/mol. The topological polar surface area (TPSA) is 61.4 Å². The van der Waals surface area contributed by atoms with E-state index >= 15 is 0 Å². The molecule has 4 nitrogen and oxygen atoms in total. The molecule has 1 unspecified atom stereocenters. The van der Waals surface area contributed by atoms with Gasteiger partial charge in [0, 0.05) is 12.3 Å². The van der Waals surface area contributed by atoms with Gasteiger partial charge < -0.3 is 15.7 Å². The van der Waals surface area contributed by atoms with Gasteiger partial charge in [0.25, 0.3) is 0 Å². The summed E-state index contributed by atoms with van der Waals surface area (Å²) >= 11 is 0. The van der Waals surface area contributed by atoms with Crippen LogP contribution in [0, 0.1) is 6.92 Å². The fourth-order valence-electron chi connectivity index (χ4n) is 2.95. The Labute approximate surface area is 150 Å². The molecule has 0 bridgehead atoms. The highest BCUT2D eigenvalue weighted by atomic mass is 16.3. The fourth-order valence-corrected chi connectivity index (χ4v) is 2.95. The lowest BCUT2D eigenvalue weighted by Crippen LogP contribution is -2.33. The van der Waals surface area contributed by atoms with Crippen LogP contribution in [0.15, 0.2) is 48.5 Å². The number of para-hydroxylation sites is 1. The van der Waals surface area contributed by atoms with Gasteiger partial charge in [0.1, 0.15) is 0 Å². The number of nitrogens with one attached hydrogen (secondary N) is 2. The lowest BCUT2D eigenvalue weighted by atomic mass is 9.98. The summed E-state index contributed by atoms with van der Waals surface area (Å²) in [6.45, 7) is 6.35. The minimum absolute atomic E-state index is 0.113. The number of hydrogen-bond acceptors (Lipinski definition) is 2. The van der Waals surface area contributed by atoms with E-state index in [1.54, 1.807) is 0 Å². The maximum atomic E-state index is 12.6. The molecule has 25 heavy (non-hydrogen) atoms. The second-order valence-corrected chi connectivity index (χ2v) is 6.62. The number of aliphatic hydroxyl groups is 1. The average Bonchev–Trinajstić information content (AvgIpc) is 2.60. The van der Waals surface area contributed by atoms with Gasteiger partial charge in [0.05, 0.1) is 6.04 Å². The molecule has 0 fully saturated rings.